The van der Waals surface area contributed by atoms with E-state index in [9.17, 15) is 0 Å². The topological polar surface area (TPSA) is 77.7 Å². The van der Waals surface area contributed by atoms with Gasteiger partial charge in [0.05, 0.1) is 28.3 Å². The Morgan fingerprint density at radius 3 is 2.16 bits per heavy atom. The first-order valence-corrected chi connectivity index (χ1v) is 13.2. The molecule has 0 unspecified atom stereocenters. The first-order chi connectivity index (χ1) is 18.2. The standard InChI is InChI=1S/C11H15N3.C10H12N2.C9H11N3/c1-7(2)11-9(4)12-10-6-5-8(3)13-14(10)11;1-8(2)10-6-5-9-4-3-7-11-12(9)10;1-7(2)8-3-4-9-10-5-6-12(9)11-8/h5-7H,1-4H3;3-8H,1-2H3;3-7H,1-2H3. The van der Waals surface area contributed by atoms with Crippen molar-refractivity contribution >= 4 is 16.8 Å². The van der Waals surface area contributed by atoms with E-state index in [0.717, 1.165) is 28.4 Å². The fourth-order valence-electron chi connectivity index (χ4n) is 4.36. The third kappa shape index (κ3) is 5.90. The van der Waals surface area contributed by atoms with E-state index < -0.39 is 0 Å². The molecule has 6 aromatic rings. The summed E-state index contributed by atoms with van der Waals surface area (Å²) in [6.07, 6.45) is 5.44. The highest BCUT2D eigenvalue weighted by Crippen LogP contribution is 2.20. The quantitative estimate of drug-likeness (QED) is 0.262. The molecular formula is C30H38N8. The van der Waals surface area contributed by atoms with Crippen molar-refractivity contribution in [1.29, 1.82) is 0 Å². The summed E-state index contributed by atoms with van der Waals surface area (Å²) in [7, 11) is 0. The van der Waals surface area contributed by atoms with Crippen molar-refractivity contribution in [2.75, 3.05) is 0 Å². The zero-order valence-corrected chi connectivity index (χ0v) is 23.7. The molecule has 0 spiro atoms. The van der Waals surface area contributed by atoms with Gasteiger partial charge in [-0.05, 0) is 80.1 Å². The minimum Gasteiger partial charge on any atom is -0.238 e. The van der Waals surface area contributed by atoms with Gasteiger partial charge in [0.15, 0.2) is 11.3 Å². The number of aryl methyl sites for hydroxylation is 2. The number of fused-ring (bicyclic) bond motifs is 3. The van der Waals surface area contributed by atoms with Gasteiger partial charge in [0, 0.05) is 24.3 Å². The minimum atomic E-state index is 0.458. The van der Waals surface area contributed by atoms with Gasteiger partial charge in [-0.2, -0.15) is 15.3 Å². The maximum Gasteiger partial charge on any atom is 0.154 e. The van der Waals surface area contributed by atoms with Crippen LogP contribution in [-0.4, -0.2) is 38.8 Å². The molecule has 0 saturated heterocycles. The highest BCUT2D eigenvalue weighted by atomic mass is 15.3. The smallest absolute Gasteiger partial charge is 0.154 e. The van der Waals surface area contributed by atoms with Crippen molar-refractivity contribution in [3.8, 4) is 0 Å². The molecule has 6 rings (SSSR count). The lowest BCUT2D eigenvalue weighted by Gasteiger charge is -2.05. The van der Waals surface area contributed by atoms with Crippen LogP contribution >= 0.6 is 0 Å². The Balaban J connectivity index is 0.000000133. The SMILES string of the molecule is CC(C)c1ccc2cccnn12.CC(C)c1ccc2nccn2n1.Cc1ccc2nc(C)c(C(C)C)n2n1. The first-order valence-electron chi connectivity index (χ1n) is 13.2. The summed E-state index contributed by atoms with van der Waals surface area (Å²) in [6.45, 7) is 17.0. The van der Waals surface area contributed by atoms with Crippen molar-refractivity contribution in [3.05, 3.63) is 95.6 Å². The summed E-state index contributed by atoms with van der Waals surface area (Å²) in [6, 6.07) is 16.3. The normalized spacial score (nSPS) is 11.3. The molecule has 0 bridgehead atoms. The van der Waals surface area contributed by atoms with E-state index in [1.54, 1.807) is 10.7 Å². The Labute approximate surface area is 224 Å². The van der Waals surface area contributed by atoms with Crippen LogP contribution in [0.15, 0.2) is 67.1 Å². The third-order valence-electron chi connectivity index (χ3n) is 6.28. The van der Waals surface area contributed by atoms with Crippen LogP contribution in [0.5, 0.6) is 0 Å². The molecule has 6 aromatic heterocycles. The Kier molecular flexibility index (Phi) is 8.20. The summed E-state index contributed by atoms with van der Waals surface area (Å²) in [5, 5.41) is 13.1. The molecule has 0 N–H and O–H groups in total. The van der Waals surface area contributed by atoms with Gasteiger partial charge in [-0.25, -0.2) is 23.5 Å². The van der Waals surface area contributed by atoms with Crippen molar-refractivity contribution < 1.29 is 0 Å². The fraction of sp³-hybridized carbons (Fsp3) is 0.367. The average Bonchev–Trinajstić information content (AvgIpc) is 3.60. The van der Waals surface area contributed by atoms with Crippen LogP contribution in [0.3, 0.4) is 0 Å². The van der Waals surface area contributed by atoms with Gasteiger partial charge in [0.25, 0.3) is 0 Å². The Hall–Kier alpha value is -4.07. The van der Waals surface area contributed by atoms with Crippen LogP contribution in [0.2, 0.25) is 0 Å². The molecule has 8 nitrogen and oxygen atoms in total. The maximum atomic E-state index is 4.48. The number of imidazole rings is 2. The molecule has 0 saturated carbocycles. The highest BCUT2D eigenvalue weighted by Gasteiger charge is 2.12. The summed E-state index contributed by atoms with van der Waals surface area (Å²) in [5.74, 6) is 1.46. The second-order valence-corrected chi connectivity index (χ2v) is 10.4. The van der Waals surface area contributed by atoms with Gasteiger partial charge in [-0.3, -0.25) is 0 Å². The van der Waals surface area contributed by atoms with Crippen LogP contribution in [0.4, 0.5) is 0 Å². The largest absolute Gasteiger partial charge is 0.238 e. The lowest BCUT2D eigenvalue weighted by Crippen LogP contribution is -2.01. The lowest BCUT2D eigenvalue weighted by atomic mass is 10.1. The fourth-order valence-corrected chi connectivity index (χ4v) is 4.36. The molecule has 0 aliphatic rings. The van der Waals surface area contributed by atoms with Crippen LogP contribution in [0.25, 0.3) is 16.8 Å². The second kappa shape index (κ2) is 11.5. The number of nitrogens with zero attached hydrogens (tertiary/aromatic N) is 8. The molecule has 0 aliphatic heterocycles. The van der Waals surface area contributed by atoms with E-state index in [4.69, 9.17) is 0 Å². The zero-order valence-electron chi connectivity index (χ0n) is 23.7. The van der Waals surface area contributed by atoms with Gasteiger partial charge >= 0.3 is 0 Å². The van der Waals surface area contributed by atoms with E-state index >= 15 is 0 Å². The van der Waals surface area contributed by atoms with Crippen molar-refractivity contribution in [2.45, 2.75) is 73.1 Å². The van der Waals surface area contributed by atoms with E-state index in [0.29, 0.717) is 17.8 Å². The number of hydrogen-bond donors (Lipinski definition) is 0. The minimum absolute atomic E-state index is 0.458. The average molecular weight is 511 g/mol. The van der Waals surface area contributed by atoms with Crippen molar-refractivity contribution in [1.82, 2.24) is 38.8 Å². The summed E-state index contributed by atoms with van der Waals surface area (Å²) < 4.78 is 5.75. The monoisotopic (exact) mass is 510 g/mol. The summed E-state index contributed by atoms with van der Waals surface area (Å²) in [5.41, 5.74) is 8.70. The molecule has 0 aliphatic carbocycles. The molecule has 6 heterocycles. The van der Waals surface area contributed by atoms with E-state index in [-0.39, 0.29) is 0 Å². The van der Waals surface area contributed by atoms with E-state index in [1.807, 2.05) is 65.6 Å². The van der Waals surface area contributed by atoms with Gasteiger partial charge in [-0.1, -0.05) is 41.5 Å². The number of rotatable bonds is 3. The molecule has 0 radical (unpaired) electrons. The Morgan fingerprint density at radius 2 is 1.45 bits per heavy atom. The predicted molar refractivity (Wildman–Crippen MR) is 153 cm³/mol. The number of hydrogen-bond acceptors (Lipinski definition) is 5. The van der Waals surface area contributed by atoms with Gasteiger partial charge in [-0.15, -0.1) is 0 Å². The molecule has 198 valence electrons. The Bertz CT molecular complexity index is 1630. The van der Waals surface area contributed by atoms with Crippen molar-refractivity contribution in [2.24, 2.45) is 0 Å². The van der Waals surface area contributed by atoms with Gasteiger partial charge < -0.3 is 0 Å². The first kappa shape index (κ1) is 27.0. The van der Waals surface area contributed by atoms with Crippen LogP contribution < -0.4 is 0 Å². The summed E-state index contributed by atoms with van der Waals surface area (Å²) in [4.78, 5) is 8.60. The highest BCUT2D eigenvalue weighted by molar-refractivity contribution is 5.48. The number of aromatic nitrogens is 8. The predicted octanol–water partition coefficient (Wildman–Crippen LogP) is 6.78. The molecule has 38 heavy (non-hydrogen) atoms. The summed E-state index contributed by atoms with van der Waals surface area (Å²) >= 11 is 0. The second-order valence-electron chi connectivity index (χ2n) is 10.4. The third-order valence-corrected chi connectivity index (χ3v) is 6.28. The van der Waals surface area contributed by atoms with Crippen LogP contribution in [-0.2, 0) is 0 Å². The molecule has 0 fully saturated rings. The Morgan fingerprint density at radius 1 is 0.684 bits per heavy atom. The van der Waals surface area contributed by atoms with Gasteiger partial charge in [0.2, 0.25) is 0 Å². The van der Waals surface area contributed by atoms with Crippen molar-refractivity contribution in [3.63, 3.8) is 0 Å². The van der Waals surface area contributed by atoms with E-state index in [1.165, 1.54) is 16.9 Å². The molecule has 8 heteroatoms. The molecule has 0 amide bonds. The van der Waals surface area contributed by atoms with Crippen LogP contribution in [0.1, 0.15) is 87.8 Å². The zero-order chi connectivity index (χ0) is 27.4. The van der Waals surface area contributed by atoms with E-state index in [2.05, 4.69) is 85.0 Å². The van der Waals surface area contributed by atoms with Gasteiger partial charge in [0.1, 0.15) is 0 Å². The lowest BCUT2D eigenvalue weighted by molar-refractivity contribution is 0.744. The van der Waals surface area contributed by atoms with Crippen LogP contribution in [0, 0.1) is 13.8 Å². The molecular weight excluding hydrogens is 472 g/mol. The molecule has 0 atom stereocenters. The molecule has 0 aromatic carbocycles. The maximum absolute atomic E-state index is 4.48.